The van der Waals surface area contributed by atoms with E-state index in [-0.39, 0.29) is 0 Å². The van der Waals surface area contributed by atoms with Gasteiger partial charge in [-0.1, -0.05) is 15.9 Å². The smallest absolute Gasteiger partial charge is 0.128 e. The van der Waals surface area contributed by atoms with Gasteiger partial charge >= 0.3 is 0 Å². The van der Waals surface area contributed by atoms with Gasteiger partial charge in [0.2, 0.25) is 0 Å². The van der Waals surface area contributed by atoms with Crippen LogP contribution in [-0.2, 0) is 5.54 Å². The van der Waals surface area contributed by atoms with Crippen molar-refractivity contribution in [2.75, 3.05) is 0 Å². The first-order valence-electron chi connectivity index (χ1n) is 4.63. The topological polar surface area (TPSA) is 46.2 Å². The molecule has 0 aliphatic heterocycles. The maximum absolute atomic E-state index is 13.6. The third kappa shape index (κ3) is 2.38. The number of hydrogen-bond donors (Lipinski definition) is 2. The van der Waals surface area contributed by atoms with Crippen LogP contribution in [0.3, 0.4) is 0 Å². The summed E-state index contributed by atoms with van der Waals surface area (Å²) in [6, 6.07) is 4.52. The molecule has 3 N–H and O–H groups in total. The quantitative estimate of drug-likeness (QED) is 0.872. The van der Waals surface area contributed by atoms with Crippen molar-refractivity contribution >= 4 is 15.9 Å². The van der Waals surface area contributed by atoms with Crippen molar-refractivity contribution < 1.29 is 9.50 Å². The van der Waals surface area contributed by atoms with E-state index in [0.717, 1.165) is 4.47 Å². The second-order valence-corrected chi connectivity index (χ2v) is 5.30. The van der Waals surface area contributed by atoms with Crippen molar-refractivity contribution in [2.45, 2.75) is 31.9 Å². The van der Waals surface area contributed by atoms with Crippen LogP contribution in [0, 0.1) is 5.82 Å². The van der Waals surface area contributed by atoms with Crippen molar-refractivity contribution in [3.63, 3.8) is 0 Å². The number of benzene rings is 1. The van der Waals surface area contributed by atoms with Crippen LogP contribution >= 0.6 is 15.9 Å². The van der Waals surface area contributed by atoms with Crippen LogP contribution in [0.25, 0.3) is 0 Å². The van der Waals surface area contributed by atoms with E-state index in [4.69, 9.17) is 5.73 Å². The van der Waals surface area contributed by atoms with E-state index < -0.39 is 17.0 Å². The Hall–Kier alpha value is -0.450. The summed E-state index contributed by atoms with van der Waals surface area (Å²) in [5.74, 6) is -0.412. The first kappa shape index (κ1) is 12.6. The second-order valence-electron chi connectivity index (χ2n) is 4.39. The summed E-state index contributed by atoms with van der Waals surface area (Å²) >= 11 is 3.25. The molecule has 0 radical (unpaired) electrons. The van der Waals surface area contributed by atoms with Crippen LogP contribution in [0.1, 0.15) is 26.3 Å². The minimum absolute atomic E-state index is 0.296. The molecule has 0 saturated carbocycles. The molecular formula is C11H15BrFNO. The molecule has 1 atom stereocenters. The Bertz CT molecular complexity index is 371. The van der Waals surface area contributed by atoms with E-state index in [0.29, 0.717) is 5.56 Å². The average Bonchev–Trinajstić information content (AvgIpc) is 2.07. The minimum Gasteiger partial charge on any atom is -0.388 e. The fourth-order valence-electron chi connectivity index (χ4n) is 1.23. The van der Waals surface area contributed by atoms with Gasteiger partial charge in [-0.15, -0.1) is 0 Å². The van der Waals surface area contributed by atoms with Gasteiger partial charge in [-0.25, -0.2) is 4.39 Å². The molecule has 1 rings (SSSR count). The lowest BCUT2D eigenvalue weighted by Crippen LogP contribution is -2.52. The first-order valence-corrected chi connectivity index (χ1v) is 5.42. The lowest BCUT2D eigenvalue weighted by atomic mass is 9.79. The summed E-state index contributed by atoms with van der Waals surface area (Å²) in [4.78, 5) is 0. The molecule has 0 amide bonds. The van der Waals surface area contributed by atoms with Crippen LogP contribution in [0.2, 0.25) is 0 Å². The van der Waals surface area contributed by atoms with Crippen LogP contribution in [-0.4, -0.2) is 10.7 Å². The van der Waals surface area contributed by atoms with E-state index >= 15 is 0 Å². The molecule has 0 aliphatic rings. The van der Waals surface area contributed by atoms with Gasteiger partial charge in [0.1, 0.15) is 5.82 Å². The van der Waals surface area contributed by atoms with Crippen molar-refractivity contribution in [2.24, 2.45) is 5.73 Å². The van der Waals surface area contributed by atoms with Crippen molar-refractivity contribution in [1.29, 1.82) is 0 Å². The highest BCUT2D eigenvalue weighted by Crippen LogP contribution is 2.32. The number of aliphatic hydroxyl groups is 1. The molecule has 0 aliphatic carbocycles. The minimum atomic E-state index is -1.20. The molecule has 0 aromatic heterocycles. The molecule has 0 saturated heterocycles. The molecular weight excluding hydrogens is 261 g/mol. The molecule has 0 fully saturated rings. The largest absolute Gasteiger partial charge is 0.388 e. The molecule has 1 aromatic carbocycles. The van der Waals surface area contributed by atoms with Gasteiger partial charge in [0.25, 0.3) is 0 Å². The second kappa shape index (κ2) is 3.85. The number of rotatable bonds is 2. The van der Waals surface area contributed by atoms with E-state index in [9.17, 15) is 9.50 Å². The van der Waals surface area contributed by atoms with Crippen molar-refractivity contribution in [1.82, 2.24) is 0 Å². The highest BCUT2D eigenvalue weighted by Gasteiger charge is 2.39. The highest BCUT2D eigenvalue weighted by atomic mass is 79.9. The fourth-order valence-corrected chi connectivity index (χ4v) is 1.59. The molecule has 1 unspecified atom stereocenters. The van der Waals surface area contributed by atoms with Crippen LogP contribution in [0.4, 0.5) is 4.39 Å². The number of nitrogens with two attached hydrogens (primary N) is 1. The maximum atomic E-state index is 13.6. The Morgan fingerprint density at radius 1 is 1.33 bits per heavy atom. The highest BCUT2D eigenvalue weighted by molar-refractivity contribution is 9.10. The lowest BCUT2D eigenvalue weighted by molar-refractivity contribution is 0.00204. The fraction of sp³-hybridized carbons (Fsp3) is 0.455. The normalized spacial score (nSPS) is 16.2. The Kier molecular flexibility index (Phi) is 3.24. The molecule has 0 spiro atoms. The van der Waals surface area contributed by atoms with Crippen LogP contribution in [0.15, 0.2) is 22.7 Å². The number of halogens is 2. The van der Waals surface area contributed by atoms with Crippen molar-refractivity contribution in [3.05, 3.63) is 34.1 Å². The van der Waals surface area contributed by atoms with Gasteiger partial charge < -0.3 is 10.8 Å². The predicted octanol–water partition coefficient (Wildman–Crippen LogP) is 2.53. The molecule has 1 aromatic rings. The van der Waals surface area contributed by atoms with Gasteiger partial charge in [-0.2, -0.15) is 0 Å². The van der Waals surface area contributed by atoms with Gasteiger partial charge in [-0.3, -0.25) is 0 Å². The molecule has 0 heterocycles. The zero-order valence-corrected chi connectivity index (χ0v) is 10.6. The Morgan fingerprint density at radius 2 is 1.87 bits per heavy atom. The monoisotopic (exact) mass is 275 g/mol. The van der Waals surface area contributed by atoms with Crippen molar-refractivity contribution in [3.8, 4) is 0 Å². The standard InChI is InChI=1S/C11H15BrFNO/c1-10(2,15)11(3,14)8-6-7(12)4-5-9(8)13/h4-6,15H,14H2,1-3H3. The zero-order valence-electron chi connectivity index (χ0n) is 9.01. The first-order chi connectivity index (χ1) is 6.66. The summed E-state index contributed by atoms with van der Waals surface area (Å²) in [5, 5.41) is 9.91. The van der Waals surface area contributed by atoms with E-state index in [1.54, 1.807) is 32.9 Å². The van der Waals surface area contributed by atoms with Gasteiger partial charge in [0, 0.05) is 10.0 Å². The lowest BCUT2D eigenvalue weighted by Gasteiger charge is -2.37. The molecule has 84 valence electrons. The van der Waals surface area contributed by atoms with E-state index in [2.05, 4.69) is 15.9 Å². The average molecular weight is 276 g/mol. The number of hydrogen-bond acceptors (Lipinski definition) is 2. The molecule has 2 nitrogen and oxygen atoms in total. The molecule has 15 heavy (non-hydrogen) atoms. The summed E-state index contributed by atoms with van der Waals surface area (Å²) in [6.45, 7) is 4.73. The van der Waals surface area contributed by atoms with Gasteiger partial charge in [0.15, 0.2) is 0 Å². The molecule has 4 heteroatoms. The SMILES string of the molecule is CC(C)(O)C(C)(N)c1cc(Br)ccc1F. The van der Waals surface area contributed by atoms with Gasteiger partial charge in [0.05, 0.1) is 11.1 Å². The molecule has 0 bridgehead atoms. The summed E-state index contributed by atoms with van der Waals surface area (Å²) in [7, 11) is 0. The zero-order chi connectivity index (χ0) is 11.9. The van der Waals surface area contributed by atoms with Crippen LogP contribution < -0.4 is 5.73 Å². The van der Waals surface area contributed by atoms with E-state index in [1.807, 2.05) is 0 Å². The maximum Gasteiger partial charge on any atom is 0.128 e. The van der Waals surface area contributed by atoms with E-state index in [1.165, 1.54) is 6.07 Å². The summed E-state index contributed by atoms with van der Waals surface area (Å²) in [5.41, 5.74) is 3.93. The summed E-state index contributed by atoms with van der Waals surface area (Å²) < 4.78 is 14.3. The Balaban J connectivity index is 3.32. The van der Waals surface area contributed by atoms with Gasteiger partial charge in [-0.05, 0) is 39.0 Å². The third-order valence-corrected chi connectivity index (χ3v) is 3.25. The Labute approximate surface area is 97.4 Å². The Morgan fingerprint density at radius 3 is 2.33 bits per heavy atom. The predicted molar refractivity (Wildman–Crippen MR) is 61.9 cm³/mol. The summed E-state index contributed by atoms with van der Waals surface area (Å²) in [6.07, 6.45) is 0. The third-order valence-electron chi connectivity index (χ3n) is 2.76. The van der Waals surface area contributed by atoms with Crippen LogP contribution in [0.5, 0.6) is 0 Å².